The number of ether oxygens (including phenoxy) is 4. The van der Waals surface area contributed by atoms with Crippen LogP contribution in [0.4, 0.5) is 0 Å². The first-order valence-electron chi connectivity index (χ1n) is 8.01. The molecular formula is C17H22O8Si. The van der Waals surface area contributed by atoms with Crippen LogP contribution >= 0.6 is 0 Å². The summed E-state index contributed by atoms with van der Waals surface area (Å²) in [6.45, 7) is 0. The Labute approximate surface area is 153 Å². The molecule has 0 bridgehead atoms. The van der Waals surface area contributed by atoms with Gasteiger partial charge in [-0.3, -0.25) is 19.2 Å². The van der Waals surface area contributed by atoms with Crippen molar-refractivity contribution in [2.24, 2.45) is 0 Å². The molecule has 1 aromatic rings. The zero-order chi connectivity index (χ0) is 19.4. The normalized spacial score (nSPS) is 10.6. The molecule has 0 aliphatic rings. The summed E-state index contributed by atoms with van der Waals surface area (Å²) in [7, 11) is 1.16. The smallest absolute Gasteiger partial charge is 0.309 e. The lowest BCUT2D eigenvalue weighted by atomic mass is 10.3. The van der Waals surface area contributed by atoms with Gasteiger partial charge in [-0.2, -0.15) is 0 Å². The van der Waals surface area contributed by atoms with Gasteiger partial charge in [-0.05, 0) is 0 Å². The van der Waals surface area contributed by atoms with Crippen molar-refractivity contribution in [3.63, 3.8) is 0 Å². The number of esters is 4. The Morgan fingerprint density at radius 3 is 1.62 bits per heavy atom. The highest BCUT2D eigenvalue weighted by atomic mass is 28.2. The van der Waals surface area contributed by atoms with Crippen molar-refractivity contribution < 1.29 is 38.1 Å². The average Bonchev–Trinajstić information content (AvgIpc) is 2.64. The van der Waals surface area contributed by atoms with Crippen LogP contribution in [0.25, 0.3) is 0 Å². The average molecular weight is 382 g/mol. The minimum atomic E-state index is -1.28. The fourth-order valence-electron chi connectivity index (χ4n) is 1.94. The molecule has 0 saturated heterocycles. The van der Waals surface area contributed by atoms with Crippen molar-refractivity contribution in [3.8, 4) is 0 Å². The first-order valence-corrected chi connectivity index (χ1v) is 9.53. The fraction of sp³-hybridized carbons (Fsp3) is 0.412. The fourth-order valence-corrected chi connectivity index (χ4v) is 3.41. The van der Waals surface area contributed by atoms with E-state index in [0.717, 1.165) is 5.19 Å². The molecule has 0 N–H and O–H groups in total. The van der Waals surface area contributed by atoms with Crippen LogP contribution in [0.5, 0.6) is 0 Å². The highest BCUT2D eigenvalue weighted by Crippen LogP contribution is 2.04. The van der Waals surface area contributed by atoms with Gasteiger partial charge >= 0.3 is 23.9 Å². The molecule has 0 aromatic heterocycles. The van der Waals surface area contributed by atoms with E-state index >= 15 is 0 Å². The van der Waals surface area contributed by atoms with Crippen LogP contribution in [0, 0.1) is 0 Å². The van der Waals surface area contributed by atoms with Crippen LogP contribution in [-0.4, -0.2) is 53.5 Å². The molecule has 0 aliphatic heterocycles. The van der Waals surface area contributed by atoms with Crippen LogP contribution in [-0.2, 0) is 38.1 Å². The van der Waals surface area contributed by atoms with Crippen LogP contribution < -0.4 is 5.19 Å². The number of carbonyl (C=O) groups excluding carboxylic acids is 4. The summed E-state index contributed by atoms with van der Waals surface area (Å²) < 4.78 is 19.3. The molecule has 0 fully saturated rings. The van der Waals surface area contributed by atoms with Gasteiger partial charge in [-0.25, -0.2) is 0 Å². The predicted octanol–water partition coefficient (Wildman–Crippen LogP) is -0.243. The molecule has 142 valence electrons. The largest absolute Gasteiger partial charge is 0.469 e. The number of benzene rings is 1. The maximum Gasteiger partial charge on any atom is 0.309 e. The molecule has 0 amide bonds. The van der Waals surface area contributed by atoms with Crippen molar-refractivity contribution in [2.75, 3.05) is 14.2 Å². The molecule has 1 aromatic carbocycles. The molecule has 0 atom stereocenters. The molecular weight excluding hydrogens is 360 g/mol. The summed E-state index contributed by atoms with van der Waals surface area (Å²) in [6, 6.07) is 9.21. The molecule has 0 unspecified atom stereocenters. The minimum Gasteiger partial charge on any atom is -0.469 e. The topological polar surface area (TPSA) is 105 Å². The van der Waals surface area contributed by atoms with E-state index < -0.39 is 39.3 Å². The van der Waals surface area contributed by atoms with Crippen molar-refractivity contribution >= 4 is 38.6 Å². The minimum absolute atomic E-state index is 0.120. The third kappa shape index (κ3) is 8.97. The summed E-state index contributed by atoms with van der Waals surface area (Å²) in [5.41, 5.74) is 0. The van der Waals surface area contributed by atoms with E-state index in [1.165, 1.54) is 14.2 Å². The Bertz CT molecular complexity index is 582. The summed E-state index contributed by atoms with van der Waals surface area (Å²) in [6.07, 6.45) is -0.589. The van der Waals surface area contributed by atoms with Gasteiger partial charge in [0.05, 0.1) is 39.9 Å². The molecule has 1 rings (SSSR count). The van der Waals surface area contributed by atoms with E-state index in [1.807, 2.05) is 30.3 Å². The monoisotopic (exact) mass is 382 g/mol. The Balaban J connectivity index is 2.63. The standard InChI is InChI=1S/C17H22O8Si/c1-22-13(18)8-10-15(20)24-17(26-12-6-4-3-5-7-12)25-16(21)11-9-14(19)23-2/h3-7,17H,8-11,26H2,1-2H3. The van der Waals surface area contributed by atoms with Crippen molar-refractivity contribution in [1.29, 1.82) is 0 Å². The van der Waals surface area contributed by atoms with Gasteiger partial charge < -0.3 is 18.9 Å². The number of carbonyl (C=O) groups is 4. The number of rotatable bonds is 10. The summed E-state index contributed by atoms with van der Waals surface area (Å²) >= 11 is 0. The second-order valence-electron chi connectivity index (χ2n) is 5.25. The van der Waals surface area contributed by atoms with Crippen LogP contribution in [0.1, 0.15) is 25.7 Å². The van der Waals surface area contributed by atoms with E-state index in [4.69, 9.17) is 9.47 Å². The van der Waals surface area contributed by atoms with Gasteiger partial charge in [-0.15, -0.1) is 0 Å². The summed E-state index contributed by atoms with van der Waals surface area (Å²) in [5, 5.41) is 0.930. The summed E-state index contributed by atoms with van der Waals surface area (Å²) in [5.74, 6) is -3.41. The predicted molar refractivity (Wildman–Crippen MR) is 93.1 cm³/mol. The van der Waals surface area contributed by atoms with E-state index in [9.17, 15) is 19.2 Å². The van der Waals surface area contributed by atoms with Gasteiger partial charge in [0.25, 0.3) is 0 Å². The maximum atomic E-state index is 11.9. The van der Waals surface area contributed by atoms with Crippen LogP contribution in [0.3, 0.4) is 0 Å². The van der Waals surface area contributed by atoms with Gasteiger partial charge in [-0.1, -0.05) is 35.5 Å². The molecule has 0 saturated carbocycles. The van der Waals surface area contributed by atoms with E-state index in [2.05, 4.69) is 9.47 Å². The third-order valence-corrected chi connectivity index (χ3v) is 4.90. The molecule has 0 radical (unpaired) electrons. The van der Waals surface area contributed by atoms with Gasteiger partial charge in [0.15, 0.2) is 9.52 Å². The molecule has 26 heavy (non-hydrogen) atoms. The van der Waals surface area contributed by atoms with Crippen LogP contribution in [0.2, 0.25) is 0 Å². The lowest BCUT2D eigenvalue weighted by molar-refractivity contribution is -0.176. The van der Waals surface area contributed by atoms with Gasteiger partial charge in [0.1, 0.15) is 0 Å². The highest BCUT2D eigenvalue weighted by molar-refractivity contribution is 6.54. The number of hydrogen-bond donors (Lipinski definition) is 0. The molecule has 0 heterocycles. The van der Waals surface area contributed by atoms with Gasteiger partial charge in [0, 0.05) is 0 Å². The van der Waals surface area contributed by atoms with Crippen molar-refractivity contribution in [1.82, 2.24) is 0 Å². The lowest BCUT2D eigenvalue weighted by Gasteiger charge is -2.18. The van der Waals surface area contributed by atoms with Crippen molar-refractivity contribution in [3.05, 3.63) is 30.3 Å². The van der Waals surface area contributed by atoms with Gasteiger partial charge in [0.2, 0.25) is 5.91 Å². The number of hydrogen-bond acceptors (Lipinski definition) is 8. The van der Waals surface area contributed by atoms with Crippen LogP contribution in [0.15, 0.2) is 30.3 Å². The number of methoxy groups -OCH3 is 2. The zero-order valence-corrected chi connectivity index (χ0v) is 16.2. The highest BCUT2D eigenvalue weighted by Gasteiger charge is 2.21. The Morgan fingerprint density at radius 2 is 1.19 bits per heavy atom. The Hall–Kier alpha value is -2.68. The van der Waals surface area contributed by atoms with E-state index in [1.54, 1.807) is 0 Å². The second-order valence-corrected chi connectivity index (χ2v) is 7.14. The Kier molecular flexibility index (Phi) is 9.69. The SMILES string of the molecule is COC(=O)CCC(=O)OC(OC(=O)CCC(=O)OC)[SiH2]c1ccccc1. The third-order valence-electron chi connectivity index (χ3n) is 3.29. The molecule has 8 nitrogen and oxygen atoms in total. The Morgan fingerprint density at radius 1 is 0.769 bits per heavy atom. The first-order chi connectivity index (χ1) is 12.4. The summed E-state index contributed by atoms with van der Waals surface area (Å²) in [4.78, 5) is 46.0. The second kappa shape index (κ2) is 11.8. The van der Waals surface area contributed by atoms with E-state index in [-0.39, 0.29) is 25.7 Å². The maximum absolute atomic E-state index is 11.9. The molecule has 0 aliphatic carbocycles. The molecule has 9 heteroatoms. The zero-order valence-electron chi connectivity index (χ0n) is 14.8. The first kappa shape index (κ1) is 21.4. The quantitative estimate of drug-likeness (QED) is 0.236. The van der Waals surface area contributed by atoms with Crippen molar-refractivity contribution in [2.45, 2.75) is 31.6 Å². The van der Waals surface area contributed by atoms with E-state index in [0.29, 0.717) is 0 Å². The molecule has 0 spiro atoms. The lowest BCUT2D eigenvalue weighted by Crippen LogP contribution is -2.36.